The Morgan fingerprint density at radius 3 is 2.86 bits per heavy atom. The molecule has 6 nitrogen and oxygen atoms in total. The Hall–Kier alpha value is -1.74. The van der Waals surface area contributed by atoms with E-state index in [0.29, 0.717) is 16.4 Å². The molecule has 21 heavy (non-hydrogen) atoms. The minimum atomic E-state index is -4.72. The molecule has 1 aliphatic rings. The van der Waals surface area contributed by atoms with Crippen LogP contribution in [0.5, 0.6) is 5.75 Å². The Morgan fingerprint density at radius 2 is 2.24 bits per heavy atom. The Bertz CT molecular complexity index is 818. The summed E-state index contributed by atoms with van der Waals surface area (Å²) in [6.07, 6.45) is -0.349. The number of anilines is 1. The van der Waals surface area contributed by atoms with Crippen LogP contribution in [-0.2, 0) is 15.0 Å². The van der Waals surface area contributed by atoms with Crippen LogP contribution >= 0.6 is 11.3 Å². The van der Waals surface area contributed by atoms with Crippen molar-refractivity contribution in [3.8, 4) is 5.75 Å². The van der Waals surface area contributed by atoms with Crippen LogP contribution in [0.3, 0.4) is 0 Å². The van der Waals surface area contributed by atoms with Gasteiger partial charge in [-0.1, -0.05) is 11.3 Å². The van der Waals surface area contributed by atoms with E-state index in [1.54, 1.807) is 18.2 Å². The lowest BCUT2D eigenvalue weighted by atomic mass is 10.3. The standard InChI is InChI=1S/C12H11FN2O4S2/c1-19-7-2-3-10-9(4-7)14-12(20-10)15-6-8(5-11(15)16)21(13,17)18/h2-4,8H,5-6H2,1H3. The normalized spacial score (nSPS) is 19.4. The van der Waals surface area contributed by atoms with Crippen LogP contribution < -0.4 is 9.64 Å². The molecule has 0 bridgehead atoms. The van der Waals surface area contributed by atoms with Crippen LogP contribution in [0, 0.1) is 0 Å². The number of nitrogens with zero attached hydrogens (tertiary/aromatic N) is 2. The van der Waals surface area contributed by atoms with Crippen molar-refractivity contribution in [3.63, 3.8) is 0 Å². The van der Waals surface area contributed by atoms with Gasteiger partial charge in [0.15, 0.2) is 5.13 Å². The molecule has 0 saturated carbocycles. The van der Waals surface area contributed by atoms with Crippen molar-refractivity contribution in [2.24, 2.45) is 0 Å². The molecule has 9 heteroatoms. The predicted octanol–water partition coefficient (Wildman–Crippen LogP) is 1.71. The Kier molecular flexibility index (Phi) is 3.33. The maximum Gasteiger partial charge on any atom is 0.307 e. The number of amides is 1. The fourth-order valence-corrected chi connectivity index (χ4v) is 3.83. The number of aromatic nitrogens is 1. The zero-order valence-electron chi connectivity index (χ0n) is 10.9. The molecular formula is C12H11FN2O4S2. The topological polar surface area (TPSA) is 76.6 Å². The average Bonchev–Trinajstić information content (AvgIpc) is 2.99. The third-order valence-electron chi connectivity index (χ3n) is 3.30. The molecule has 3 rings (SSSR count). The molecular weight excluding hydrogens is 319 g/mol. The van der Waals surface area contributed by atoms with Crippen LogP contribution in [0.25, 0.3) is 10.2 Å². The van der Waals surface area contributed by atoms with Gasteiger partial charge in [-0.15, -0.1) is 3.89 Å². The fourth-order valence-electron chi connectivity index (χ4n) is 2.19. The van der Waals surface area contributed by atoms with E-state index in [-0.39, 0.29) is 13.0 Å². The first kappa shape index (κ1) is 14.2. The molecule has 1 amide bonds. The number of fused-ring (bicyclic) bond motifs is 1. The molecule has 112 valence electrons. The molecule has 1 saturated heterocycles. The molecule has 0 radical (unpaired) electrons. The zero-order valence-corrected chi connectivity index (χ0v) is 12.6. The van der Waals surface area contributed by atoms with Crippen LogP contribution in [0.4, 0.5) is 9.02 Å². The van der Waals surface area contributed by atoms with Crippen molar-refractivity contribution < 1.29 is 21.8 Å². The van der Waals surface area contributed by atoms with E-state index in [2.05, 4.69) is 4.98 Å². The van der Waals surface area contributed by atoms with Crippen LogP contribution in [0.15, 0.2) is 18.2 Å². The summed E-state index contributed by atoms with van der Waals surface area (Å²) < 4.78 is 40.8. The quantitative estimate of drug-likeness (QED) is 0.801. The first-order chi connectivity index (χ1) is 9.88. The number of halogens is 1. The summed E-state index contributed by atoms with van der Waals surface area (Å²) in [5.74, 6) is 0.198. The highest BCUT2D eigenvalue weighted by atomic mass is 32.3. The van der Waals surface area contributed by atoms with Gasteiger partial charge in [0.05, 0.1) is 17.3 Å². The Morgan fingerprint density at radius 1 is 1.48 bits per heavy atom. The van der Waals surface area contributed by atoms with Crippen LogP contribution in [-0.4, -0.2) is 38.2 Å². The number of methoxy groups -OCH3 is 1. The van der Waals surface area contributed by atoms with Crippen molar-refractivity contribution in [1.82, 2.24) is 4.98 Å². The molecule has 0 spiro atoms. The van der Waals surface area contributed by atoms with E-state index in [9.17, 15) is 17.1 Å². The van der Waals surface area contributed by atoms with E-state index >= 15 is 0 Å². The molecule has 1 unspecified atom stereocenters. The summed E-state index contributed by atoms with van der Waals surface area (Å²) in [5.41, 5.74) is 0.647. The Labute approximate surface area is 124 Å². The summed E-state index contributed by atoms with van der Waals surface area (Å²) >= 11 is 1.25. The van der Waals surface area contributed by atoms with Crippen molar-refractivity contribution in [2.45, 2.75) is 11.7 Å². The van der Waals surface area contributed by atoms with Crippen molar-refractivity contribution in [2.75, 3.05) is 18.6 Å². The smallest absolute Gasteiger partial charge is 0.307 e. The first-order valence-electron chi connectivity index (χ1n) is 6.07. The lowest BCUT2D eigenvalue weighted by Gasteiger charge is -2.11. The van der Waals surface area contributed by atoms with Crippen molar-refractivity contribution in [1.29, 1.82) is 0 Å². The number of hydrogen-bond acceptors (Lipinski definition) is 6. The highest BCUT2D eigenvalue weighted by Crippen LogP contribution is 2.34. The number of thiazole rings is 1. The maximum atomic E-state index is 13.0. The molecule has 1 aromatic carbocycles. The van der Waals surface area contributed by atoms with Gasteiger partial charge in [-0.25, -0.2) is 4.98 Å². The summed E-state index contributed by atoms with van der Waals surface area (Å²) in [7, 11) is -3.19. The van der Waals surface area contributed by atoms with E-state index in [0.717, 1.165) is 4.70 Å². The summed E-state index contributed by atoms with van der Waals surface area (Å²) in [6.45, 7) is -0.200. The fraction of sp³-hybridized carbons (Fsp3) is 0.333. The van der Waals surface area contributed by atoms with Crippen molar-refractivity contribution in [3.05, 3.63) is 18.2 Å². The highest BCUT2D eigenvalue weighted by Gasteiger charge is 2.40. The third-order valence-corrected chi connectivity index (χ3v) is 5.47. The SMILES string of the molecule is COc1ccc2sc(N3CC(S(=O)(=O)F)CC3=O)nc2c1. The van der Waals surface area contributed by atoms with Crippen LogP contribution in [0.1, 0.15) is 6.42 Å². The summed E-state index contributed by atoms with van der Waals surface area (Å²) in [4.78, 5) is 17.4. The molecule has 2 heterocycles. The minimum Gasteiger partial charge on any atom is -0.497 e. The number of carbonyl (C=O) groups excluding carboxylic acids is 1. The van der Waals surface area contributed by atoms with Crippen LogP contribution in [0.2, 0.25) is 0 Å². The van der Waals surface area contributed by atoms with Gasteiger partial charge >= 0.3 is 10.2 Å². The lowest BCUT2D eigenvalue weighted by Crippen LogP contribution is -2.26. The number of ether oxygens (including phenoxy) is 1. The van der Waals surface area contributed by atoms with Gasteiger partial charge in [0.25, 0.3) is 0 Å². The largest absolute Gasteiger partial charge is 0.497 e. The first-order valence-corrected chi connectivity index (χ1v) is 8.33. The van der Waals surface area contributed by atoms with Gasteiger partial charge in [-0.2, -0.15) is 8.42 Å². The number of rotatable bonds is 3. The minimum absolute atomic E-state index is 0.200. The second-order valence-electron chi connectivity index (χ2n) is 4.64. The second-order valence-corrected chi connectivity index (χ2v) is 7.26. The van der Waals surface area contributed by atoms with E-state index < -0.39 is 21.4 Å². The summed E-state index contributed by atoms with van der Waals surface area (Å²) in [5, 5.41) is -0.944. The summed E-state index contributed by atoms with van der Waals surface area (Å²) in [6, 6.07) is 5.30. The average molecular weight is 330 g/mol. The molecule has 0 N–H and O–H groups in total. The second kappa shape index (κ2) is 4.92. The number of benzene rings is 1. The highest BCUT2D eigenvalue weighted by molar-refractivity contribution is 7.87. The maximum absolute atomic E-state index is 13.0. The molecule has 1 aliphatic heterocycles. The molecule has 1 fully saturated rings. The van der Waals surface area contributed by atoms with Gasteiger partial charge < -0.3 is 4.74 Å². The van der Waals surface area contributed by atoms with E-state index in [1.807, 2.05) is 0 Å². The number of carbonyl (C=O) groups is 1. The molecule has 2 aromatic rings. The molecule has 0 aliphatic carbocycles. The molecule has 1 atom stereocenters. The third kappa shape index (κ3) is 2.58. The number of hydrogen-bond donors (Lipinski definition) is 0. The molecule has 1 aromatic heterocycles. The van der Waals surface area contributed by atoms with E-state index in [1.165, 1.54) is 23.3 Å². The monoisotopic (exact) mass is 330 g/mol. The van der Waals surface area contributed by atoms with Crippen molar-refractivity contribution >= 4 is 42.8 Å². The van der Waals surface area contributed by atoms with E-state index in [4.69, 9.17) is 4.74 Å². The predicted molar refractivity (Wildman–Crippen MR) is 77.0 cm³/mol. The lowest BCUT2D eigenvalue weighted by molar-refractivity contribution is -0.117. The van der Waals surface area contributed by atoms with Gasteiger partial charge in [0, 0.05) is 19.0 Å². The Balaban J connectivity index is 1.95. The van der Waals surface area contributed by atoms with Gasteiger partial charge in [0.2, 0.25) is 5.91 Å². The van der Waals surface area contributed by atoms with Gasteiger partial charge in [-0.05, 0) is 12.1 Å². The zero-order chi connectivity index (χ0) is 15.2. The van der Waals surface area contributed by atoms with Gasteiger partial charge in [0.1, 0.15) is 11.0 Å². The van der Waals surface area contributed by atoms with Gasteiger partial charge in [-0.3, -0.25) is 9.69 Å².